The second kappa shape index (κ2) is 8.29. The van der Waals surface area contributed by atoms with Gasteiger partial charge in [-0.2, -0.15) is 0 Å². The van der Waals surface area contributed by atoms with Crippen LogP contribution in [0.15, 0.2) is 66.0 Å². The Kier molecular flexibility index (Phi) is 5.30. The molecule has 2 N–H and O–H groups in total. The largest absolute Gasteiger partial charge is 0.325 e. The molecule has 3 aromatic rings. The third kappa shape index (κ3) is 3.72. The third-order valence-corrected chi connectivity index (χ3v) is 7.12. The molecule has 1 atom stereocenters. The number of ketones is 1. The van der Waals surface area contributed by atoms with E-state index in [1.807, 2.05) is 17.5 Å². The number of nitrogens with one attached hydrogen (secondary N) is 2. The van der Waals surface area contributed by atoms with Crippen LogP contribution in [-0.2, 0) is 16.8 Å². The summed E-state index contributed by atoms with van der Waals surface area (Å²) < 4.78 is 0. The highest BCUT2D eigenvalue weighted by Gasteiger charge is 2.54. The average Bonchev–Trinajstić information content (AvgIpc) is 3.40. The molecule has 1 fully saturated rings. The monoisotopic (exact) mass is 459 g/mol. The van der Waals surface area contributed by atoms with Gasteiger partial charge in [0, 0.05) is 27.3 Å². The summed E-state index contributed by atoms with van der Waals surface area (Å²) in [7, 11) is 0. The van der Waals surface area contributed by atoms with Gasteiger partial charge in [-0.15, -0.1) is 11.3 Å². The lowest BCUT2D eigenvalue weighted by molar-refractivity contribution is -0.131. The number of carbonyl (C=O) groups excluding carboxylic acids is 4. The highest BCUT2D eigenvalue weighted by molar-refractivity contribution is 7.10. The van der Waals surface area contributed by atoms with E-state index in [0.29, 0.717) is 23.2 Å². The normalized spacial score (nSPS) is 19.3. The van der Waals surface area contributed by atoms with Gasteiger partial charge in [0.05, 0.1) is 6.54 Å². The summed E-state index contributed by atoms with van der Waals surface area (Å²) in [5.41, 5.74) is 1.22. The summed E-state index contributed by atoms with van der Waals surface area (Å²) in [4.78, 5) is 53.2. The summed E-state index contributed by atoms with van der Waals surface area (Å²) in [6, 6.07) is 16.6. The zero-order chi connectivity index (χ0) is 23.0. The molecule has 1 aliphatic heterocycles. The first-order valence-electron chi connectivity index (χ1n) is 10.7. The molecule has 1 saturated heterocycles. The number of urea groups is 1. The summed E-state index contributed by atoms with van der Waals surface area (Å²) in [6.45, 7) is -0.332. The molecule has 33 heavy (non-hydrogen) atoms. The molecule has 8 heteroatoms. The highest BCUT2D eigenvalue weighted by atomic mass is 32.1. The van der Waals surface area contributed by atoms with E-state index in [-0.39, 0.29) is 24.1 Å². The first-order valence-corrected chi connectivity index (χ1v) is 11.6. The maximum atomic E-state index is 13.3. The predicted octanol–water partition coefficient (Wildman–Crippen LogP) is 3.97. The van der Waals surface area contributed by atoms with Crippen molar-refractivity contribution >= 4 is 40.7 Å². The van der Waals surface area contributed by atoms with Gasteiger partial charge in [0.25, 0.3) is 11.8 Å². The highest BCUT2D eigenvalue weighted by Crippen LogP contribution is 2.42. The topological polar surface area (TPSA) is 95.6 Å². The van der Waals surface area contributed by atoms with Crippen LogP contribution in [0.5, 0.6) is 0 Å². The molecule has 2 aromatic carbocycles. The molecular weight excluding hydrogens is 438 g/mol. The van der Waals surface area contributed by atoms with Crippen LogP contribution in [0.1, 0.15) is 44.0 Å². The molecule has 1 aromatic heterocycles. The summed E-state index contributed by atoms with van der Waals surface area (Å²) in [5, 5.41) is 7.57. The molecule has 1 spiro atoms. The standard InChI is InChI=1S/C25H21N3O4S/c29-20(16-8-10-18(11-9-16)26-22(30)17-5-2-1-3-6-17)15-28-23(31)25(27-24(28)32)13-4-7-21-19(25)12-14-33-21/h1-3,5-6,8-12,14H,4,7,13,15H2,(H,26,30)(H,27,32)/t25-/m1/s1. The molecular formula is C25H21N3O4S. The molecule has 2 heterocycles. The fraction of sp³-hybridized carbons (Fsp3) is 0.200. The Balaban J connectivity index is 1.28. The maximum absolute atomic E-state index is 13.3. The molecule has 0 radical (unpaired) electrons. The molecule has 166 valence electrons. The Hall–Kier alpha value is -3.78. The SMILES string of the molecule is O=C(CN1C(=O)N[C@@]2(CCCc3sccc32)C1=O)c1ccc(NC(=O)c2ccccc2)cc1. The van der Waals surface area contributed by atoms with Crippen LogP contribution >= 0.6 is 11.3 Å². The van der Waals surface area contributed by atoms with E-state index in [4.69, 9.17) is 0 Å². The minimum Gasteiger partial charge on any atom is -0.322 e. The van der Waals surface area contributed by atoms with E-state index in [2.05, 4.69) is 10.6 Å². The van der Waals surface area contributed by atoms with Crippen LogP contribution < -0.4 is 10.6 Å². The van der Waals surface area contributed by atoms with Gasteiger partial charge in [-0.1, -0.05) is 18.2 Å². The van der Waals surface area contributed by atoms with Gasteiger partial charge in [0.1, 0.15) is 5.54 Å². The molecule has 5 rings (SSSR count). The van der Waals surface area contributed by atoms with E-state index in [1.54, 1.807) is 59.9 Å². The van der Waals surface area contributed by atoms with Crippen LogP contribution in [0.2, 0.25) is 0 Å². The fourth-order valence-electron chi connectivity index (χ4n) is 4.45. The predicted molar refractivity (Wildman–Crippen MR) is 124 cm³/mol. The Morgan fingerprint density at radius 2 is 1.76 bits per heavy atom. The molecule has 4 amide bonds. The van der Waals surface area contributed by atoms with Crippen molar-refractivity contribution in [1.29, 1.82) is 0 Å². The lowest BCUT2D eigenvalue weighted by Gasteiger charge is -2.31. The van der Waals surface area contributed by atoms with E-state index in [0.717, 1.165) is 28.2 Å². The minimum atomic E-state index is -1.06. The van der Waals surface area contributed by atoms with Gasteiger partial charge in [-0.3, -0.25) is 19.3 Å². The van der Waals surface area contributed by atoms with Gasteiger partial charge < -0.3 is 10.6 Å². The first-order chi connectivity index (χ1) is 16.0. The van der Waals surface area contributed by atoms with Crippen LogP contribution in [-0.4, -0.2) is 35.1 Å². The number of hydrogen-bond acceptors (Lipinski definition) is 5. The number of fused-ring (bicyclic) bond motifs is 2. The number of benzene rings is 2. The van der Waals surface area contributed by atoms with Gasteiger partial charge in [-0.25, -0.2) is 4.79 Å². The van der Waals surface area contributed by atoms with Crippen LogP contribution in [0, 0.1) is 0 Å². The second-order valence-corrected chi connectivity index (χ2v) is 9.16. The van der Waals surface area contributed by atoms with Crippen molar-refractivity contribution in [3.05, 3.63) is 87.6 Å². The Morgan fingerprint density at radius 1 is 1.00 bits per heavy atom. The zero-order valence-corrected chi connectivity index (χ0v) is 18.5. The number of rotatable bonds is 5. The fourth-order valence-corrected chi connectivity index (χ4v) is 5.45. The van der Waals surface area contributed by atoms with Gasteiger partial charge >= 0.3 is 6.03 Å². The van der Waals surface area contributed by atoms with Crippen LogP contribution in [0.4, 0.5) is 10.5 Å². The number of anilines is 1. The Labute approximate surface area is 194 Å². The minimum absolute atomic E-state index is 0.250. The van der Waals surface area contributed by atoms with E-state index < -0.39 is 11.6 Å². The number of imide groups is 1. The number of hydrogen-bond donors (Lipinski definition) is 2. The summed E-state index contributed by atoms with van der Waals surface area (Å²) in [5.74, 6) is -0.968. The number of amides is 4. The van der Waals surface area contributed by atoms with Crippen molar-refractivity contribution < 1.29 is 19.2 Å². The zero-order valence-electron chi connectivity index (χ0n) is 17.7. The average molecular weight is 460 g/mol. The van der Waals surface area contributed by atoms with Crippen molar-refractivity contribution in [2.75, 3.05) is 11.9 Å². The second-order valence-electron chi connectivity index (χ2n) is 8.16. The van der Waals surface area contributed by atoms with Crippen molar-refractivity contribution in [1.82, 2.24) is 10.2 Å². The summed E-state index contributed by atoms with van der Waals surface area (Å²) in [6.07, 6.45) is 2.23. The molecule has 0 unspecified atom stereocenters. The van der Waals surface area contributed by atoms with E-state index in [9.17, 15) is 19.2 Å². The lowest BCUT2D eigenvalue weighted by atomic mass is 9.80. The molecule has 0 bridgehead atoms. The summed E-state index contributed by atoms with van der Waals surface area (Å²) >= 11 is 1.59. The number of thiophene rings is 1. The van der Waals surface area contributed by atoms with Crippen molar-refractivity contribution in [3.8, 4) is 0 Å². The lowest BCUT2D eigenvalue weighted by Crippen LogP contribution is -2.46. The quantitative estimate of drug-likeness (QED) is 0.446. The Morgan fingerprint density at radius 3 is 2.52 bits per heavy atom. The first kappa shape index (κ1) is 21.1. The van der Waals surface area contributed by atoms with Crippen molar-refractivity contribution in [2.24, 2.45) is 0 Å². The molecule has 1 aliphatic carbocycles. The maximum Gasteiger partial charge on any atom is 0.325 e. The number of nitrogens with zero attached hydrogens (tertiary/aromatic N) is 1. The van der Waals surface area contributed by atoms with Crippen LogP contribution in [0.3, 0.4) is 0 Å². The van der Waals surface area contributed by atoms with E-state index in [1.165, 1.54) is 0 Å². The van der Waals surface area contributed by atoms with E-state index >= 15 is 0 Å². The van der Waals surface area contributed by atoms with Crippen molar-refractivity contribution in [2.45, 2.75) is 24.8 Å². The van der Waals surface area contributed by atoms with Crippen LogP contribution in [0.25, 0.3) is 0 Å². The van der Waals surface area contributed by atoms with Gasteiger partial charge in [0.15, 0.2) is 5.78 Å². The smallest absolute Gasteiger partial charge is 0.322 e. The third-order valence-electron chi connectivity index (χ3n) is 6.14. The number of aryl methyl sites for hydroxylation is 1. The van der Waals surface area contributed by atoms with Crippen molar-refractivity contribution in [3.63, 3.8) is 0 Å². The Bertz CT molecular complexity index is 1250. The molecule has 7 nitrogen and oxygen atoms in total. The number of Topliss-reactive ketones (excluding diaryl/α,β-unsaturated/α-hetero) is 1. The number of carbonyl (C=O) groups is 4. The molecule has 2 aliphatic rings. The molecule has 0 saturated carbocycles. The van der Waals surface area contributed by atoms with Gasteiger partial charge in [-0.05, 0) is 67.1 Å². The van der Waals surface area contributed by atoms with Gasteiger partial charge in [0.2, 0.25) is 0 Å².